The number of hydrogen-bond donors (Lipinski definition) is 0. The Bertz CT molecular complexity index is 3410. The quantitative estimate of drug-likeness (QED) is 0.173. The lowest BCUT2D eigenvalue weighted by molar-refractivity contribution is 0.513. The Morgan fingerprint density at radius 3 is 2.31 bits per heavy atom. The molecule has 1 unspecified atom stereocenters. The van der Waals surface area contributed by atoms with Crippen LogP contribution in [0.3, 0.4) is 0 Å². The van der Waals surface area contributed by atoms with Gasteiger partial charge in [0.1, 0.15) is 11.3 Å². The van der Waals surface area contributed by atoms with Crippen molar-refractivity contribution in [3.63, 3.8) is 0 Å². The van der Waals surface area contributed by atoms with Crippen LogP contribution in [-0.2, 0) is 18.3 Å². The second kappa shape index (κ2) is 13.7. The first kappa shape index (κ1) is 37.9. The summed E-state index contributed by atoms with van der Waals surface area (Å²) >= 11 is 0. The van der Waals surface area contributed by atoms with Crippen LogP contribution < -0.4 is 0 Å². The van der Waals surface area contributed by atoms with Crippen LogP contribution in [0.1, 0.15) is 94.0 Å². The molecule has 0 amide bonds. The molecule has 312 valence electrons. The Hall–Kier alpha value is -6.64. The zero-order chi connectivity index (χ0) is 43.1. The normalized spacial score (nSPS) is 19.9. The minimum atomic E-state index is -0.198. The molecule has 0 saturated carbocycles. The van der Waals surface area contributed by atoms with Crippen LogP contribution in [0.4, 0.5) is 0 Å². The largest absolute Gasteiger partial charge is 0.460 e. The number of rotatable bonds is 4. The lowest BCUT2D eigenvalue weighted by Crippen LogP contribution is -2.16. The van der Waals surface area contributed by atoms with Crippen LogP contribution >= 0.6 is 0 Å². The molecule has 2 heteroatoms. The molecule has 7 aromatic rings. The van der Waals surface area contributed by atoms with E-state index in [1.54, 1.807) is 5.57 Å². The number of benzene rings is 5. The third-order valence-corrected chi connectivity index (χ3v) is 15.9. The summed E-state index contributed by atoms with van der Waals surface area (Å²) in [6.45, 7) is 12.0. The third kappa shape index (κ3) is 5.44. The molecule has 5 aromatic carbocycles. The SMILES string of the molecule is CC1C=Cc2c(oc3ccc4c(c23)C(C)(C)c2cc(-n3c5c(c6cc(-c7ccc(-c8ccccc8)cc7)ccc63)C=C(C3=CC=C6C(=CC3)C(C)(C)C3=C6C=CCC3)CC5)ccc2-4)C1. The number of nitrogens with zero attached hydrogens (tertiary/aromatic N) is 1. The minimum absolute atomic E-state index is 0.0813. The highest BCUT2D eigenvalue weighted by atomic mass is 16.3. The van der Waals surface area contributed by atoms with Crippen molar-refractivity contribution in [1.29, 1.82) is 0 Å². The third-order valence-electron chi connectivity index (χ3n) is 15.9. The van der Waals surface area contributed by atoms with Gasteiger partial charge >= 0.3 is 0 Å². The monoisotopic (exact) mass is 827 g/mol. The zero-order valence-corrected chi connectivity index (χ0v) is 37.6. The summed E-state index contributed by atoms with van der Waals surface area (Å²) in [6.07, 6.45) is 25.7. The second-order valence-corrected chi connectivity index (χ2v) is 20.3. The fourth-order valence-electron chi connectivity index (χ4n) is 12.6. The van der Waals surface area contributed by atoms with Gasteiger partial charge in [0.2, 0.25) is 0 Å². The van der Waals surface area contributed by atoms with E-state index < -0.39 is 0 Å². The van der Waals surface area contributed by atoms with E-state index in [9.17, 15) is 0 Å². The van der Waals surface area contributed by atoms with Gasteiger partial charge in [0.15, 0.2) is 0 Å². The van der Waals surface area contributed by atoms with Crippen molar-refractivity contribution in [2.75, 3.05) is 0 Å². The number of fused-ring (bicyclic) bond motifs is 12. The van der Waals surface area contributed by atoms with Crippen molar-refractivity contribution >= 4 is 34.0 Å². The van der Waals surface area contributed by atoms with Gasteiger partial charge in [0, 0.05) is 50.5 Å². The summed E-state index contributed by atoms with van der Waals surface area (Å²) in [4.78, 5) is 0. The number of furan rings is 1. The van der Waals surface area contributed by atoms with Gasteiger partial charge in [-0.05, 0) is 147 Å². The molecule has 0 radical (unpaired) electrons. The smallest absolute Gasteiger partial charge is 0.135 e. The Labute approximate surface area is 377 Å². The van der Waals surface area contributed by atoms with E-state index in [-0.39, 0.29) is 10.8 Å². The van der Waals surface area contributed by atoms with Crippen molar-refractivity contribution in [3.8, 4) is 39.1 Å². The molecule has 2 aromatic heterocycles. The van der Waals surface area contributed by atoms with Crippen molar-refractivity contribution in [2.45, 2.75) is 78.6 Å². The minimum Gasteiger partial charge on any atom is -0.460 e. The first-order chi connectivity index (χ1) is 31.1. The number of allylic oxidation sites excluding steroid dienone is 12. The number of hydrogen-bond acceptors (Lipinski definition) is 1. The molecule has 0 fully saturated rings. The molecule has 2 heterocycles. The van der Waals surface area contributed by atoms with Crippen LogP contribution in [-0.4, -0.2) is 4.57 Å². The highest BCUT2D eigenvalue weighted by Gasteiger charge is 2.41. The van der Waals surface area contributed by atoms with E-state index in [0.717, 1.165) is 43.4 Å². The molecule has 2 nitrogen and oxygen atoms in total. The van der Waals surface area contributed by atoms with E-state index in [0.29, 0.717) is 5.92 Å². The van der Waals surface area contributed by atoms with Crippen LogP contribution in [0.2, 0.25) is 0 Å². The Balaban J connectivity index is 0.950. The average Bonchev–Trinajstić information content (AvgIpc) is 3.91. The van der Waals surface area contributed by atoms with Crippen molar-refractivity contribution in [2.24, 2.45) is 11.3 Å². The predicted molar refractivity (Wildman–Crippen MR) is 268 cm³/mol. The fraction of sp³-hybridized carbons (Fsp3) is 0.226. The molecule has 6 aliphatic carbocycles. The predicted octanol–water partition coefficient (Wildman–Crippen LogP) is 16.4. The van der Waals surface area contributed by atoms with Gasteiger partial charge in [0.25, 0.3) is 0 Å². The van der Waals surface area contributed by atoms with E-state index >= 15 is 0 Å². The number of aromatic nitrogens is 1. The summed E-state index contributed by atoms with van der Waals surface area (Å²) < 4.78 is 9.17. The van der Waals surface area contributed by atoms with E-state index in [2.05, 4.69) is 191 Å². The molecule has 64 heavy (non-hydrogen) atoms. The van der Waals surface area contributed by atoms with Crippen LogP contribution in [0.25, 0.3) is 73.1 Å². The van der Waals surface area contributed by atoms with Crippen LogP contribution in [0, 0.1) is 11.3 Å². The molecule has 0 N–H and O–H groups in total. The van der Waals surface area contributed by atoms with Gasteiger partial charge < -0.3 is 8.98 Å². The van der Waals surface area contributed by atoms with Gasteiger partial charge in [-0.25, -0.2) is 0 Å². The fourth-order valence-corrected chi connectivity index (χ4v) is 12.6. The lowest BCUT2D eigenvalue weighted by Gasteiger charge is -2.26. The maximum Gasteiger partial charge on any atom is 0.135 e. The van der Waals surface area contributed by atoms with Gasteiger partial charge in [-0.1, -0.05) is 156 Å². The second-order valence-electron chi connectivity index (χ2n) is 20.3. The topological polar surface area (TPSA) is 18.1 Å². The molecule has 1 atom stereocenters. The first-order valence-corrected chi connectivity index (χ1v) is 23.6. The van der Waals surface area contributed by atoms with Gasteiger partial charge in [0.05, 0.1) is 5.52 Å². The molecular formula is C62H53NO. The van der Waals surface area contributed by atoms with Crippen molar-refractivity contribution < 1.29 is 4.42 Å². The Morgan fingerprint density at radius 1 is 0.688 bits per heavy atom. The van der Waals surface area contributed by atoms with Crippen molar-refractivity contribution in [1.82, 2.24) is 4.57 Å². The molecule has 0 spiro atoms. The van der Waals surface area contributed by atoms with E-state index in [1.165, 1.54) is 118 Å². The molecule has 6 aliphatic rings. The van der Waals surface area contributed by atoms with E-state index in [4.69, 9.17) is 4.42 Å². The summed E-state index contributed by atoms with van der Waals surface area (Å²) in [5.74, 6) is 1.62. The highest BCUT2D eigenvalue weighted by Crippen LogP contribution is 2.56. The first-order valence-electron chi connectivity index (χ1n) is 23.6. The average molecular weight is 828 g/mol. The Kier molecular flexibility index (Phi) is 8.10. The maximum atomic E-state index is 6.57. The highest BCUT2D eigenvalue weighted by molar-refractivity contribution is 6.02. The molecule has 0 aliphatic heterocycles. The van der Waals surface area contributed by atoms with Gasteiger partial charge in [-0.3, -0.25) is 0 Å². The lowest BCUT2D eigenvalue weighted by atomic mass is 9.78. The van der Waals surface area contributed by atoms with E-state index in [1.807, 2.05) is 0 Å². The summed E-state index contributed by atoms with van der Waals surface area (Å²) in [7, 11) is 0. The molecule has 13 rings (SSSR count). The Morgan fingerprint density at radius 2 is 1.47 bits per heavy atom. The van der Waals surface area contributed by atoms with Gasteiger partial charge in [-0.2, -0.15) is 0 Å². The molecular weight excluding hydrogens is 775 g/mol. The standard InChI is InChI=1S/C62H53NO/c1-37-15-25-49-58(33-37)64-57-32-28-48-47-27-24-44(36-54(47)62(4,5)60(48)59(49)57)63-55-30-22-42(40-18-16-39(17-19-40)38-11-7-6-8-12-38)34-50(55)51-35-43(23-31-56(51)63)41-20-26-46-45-13-9-10-14-52(45)61(2,3)53(46)29-21-41/h6-9,11-13,15-20,22,24-30,32,34-37H,10,14,21,23,31,33H2,1-5H3. The summed E-state index contributed by atoms with van der Waals surface area (Å²) in [5.41, 5.74) is 26.8. The van der Waals surface area contributed by atoms with Crippen molar-refractivity contribution in [3.05, 3.63) is 207 Å². The van der Waals surface area contributed by atoms with Gasteiger partial charge in [-0.15, -0.1) is 0 Å². The maximum absolute atomic E-state index is 6.57. The zero-order valence-electron chi connectivity index (χ0n) is 37.6. The molecule has 0 saturated heterocycles. The molecule has 0 bridgehead atoms. The summed E-state index contributed by atoms with van der Waals surface area (Å²) in [6, 6.07) is 38.8. The van der Waals surface area contributed by atoms with Crippen LogP contribution in [0.15, 0.2) is 177 Å². The summed E-state index contributed by atoms with van der Waals surface area (Å²) in [5, 5.41) is 2.61. The van der Waals surface area contributed by atoms with Crippen LogP contribution in [0.5, 0.6) is 0 Å².